The molecule has 190 valence electrons. The van der Waals surface area contributed by atoms with E-state index in [1.54, 1.807) is 28.9 Å². The maximum absolute atomic E-state index is 13.0. The first-order valence-electron chi connectivity index (χ1n) is 11.7. The van der Waals surface area contributed by atoms with Crippen molar-refractivity contribution >= 4 is 27.8 Å². The van der Waals surface area contributed by atoms with Crippen molar-refractivity contribution in [3.63, 3.8) is 0 Å². The molecule has 1 aliphatic heterocycles. The Balaban J connectivity index is 1.82. The van der Waals surface area contributed by atoms with E-state index in [0.717, 1.165) is 5.56 Å². The van der Waals surface area contributed by atoms with Crippen molar-refractivity contribution in [2.75, 3.05) is 32.8 Å². The molecule has 9 nitrogen and oxygen atoms in total. The van der Waals surface area contributed by atoms with Crippen LogP contribution in [-0.4, -0.2) is 85.2 Å². The smallest absolute Gasteiger partial charge is 0.306 e. The van der Waals surface area contributed by atoms with Crippen LogP contribution >= 0.6 is 0 Å². The molecule has 0 unspecified atom stereocenters. The Morgan fingerprint density at radius 1 is 0.971 bits per heavy atom. The third kappa shape index (κ3) is 7.02. The molecule has 2 amide bonds. The molecule has 0 aliphatic carbocycles. The number of ether oxygens (including phenoxy) is 1. The van der Waals surface area contributed by atoms with Gasteiger partial charge in [0, 0.05) is 44.7 Å². The Bertz CT molecular complexity index is 990. The van der Waals surface area contributed by atoms with Crippen LogP contribution in [0, 0.1) is 13.8 Å². The lowest BCUT2D eigenvalue weighted by atomic mass is 10.2. The van der Waals surface area contributed by atoms with E-state index in [2.05, 4.69) is 0 Å². The van der Waals surface area contributed by atoms with E-state index in [0.29, 0.717) is 5.56 Å². The molecule has 1 fully saturated rings. The van der Waals surface area contributed by atoms with Crippen LogP contribution in [0.1, 0.15) is 51.7 Å². The number of hydrogen-bond acceptors (Lipinski definition) is 6. The molecule has 0 aromatic heterocycles. The Morgan fingerprint density at radius 3 is 2.12 bits per heavy atom. The van der Waals surface area contributed by atoms with Crippen molar-refractivity contribution in [3.8, 4) is 0 Å². The lowest BCUT2D eigenvalue weighted by molar-refractivity contribution is -0.154. The van der Waals surface area contributed by atoms with E-state index < -0.39 is 16.0 Å². The summed E-state index contributed by atoms with van der Waals surface area (Å²) < 4.78 is 32.5. The zero-order valence-electron chi connectivity index (χ0n) is 21.0. The lowest BCUT2D eigenvalue weighted by Gasteiger charge is -2.34. The van der Waals surface area contributed by atoms with Crippen LogP contribution in [0.3, 0.4) is 0 Å². The van der Waals surface area contributed by atoms with Crippen molar-refractivity contribution in [2.45, 2.75) is 71.4 Å². The average Bonchev–Trinajstić information content (AvgIpc) is 2.77. The van der Waals surface area contributed by atoms with Crippen molar-refractivity contribution in [1.82, 2.24) is 14.1 Å². The minimum atomic E-state index is -3.64. The summed E-state index contributed by atoms with van der Waals surface area (Å²) >= 11 is 0. The molecule has 1 aromatic carbocycles. The number of rotatable bonds is 9. The standard InChI is InChI=1S/C24H37N3O6S/c1-17(2)27(18(3)4)23(29)16-33-24(30)10-9-22(28)25-11-13-26(14-12-25)34(31,32)21-15-19(5)7-8-20(21)6/h7-8,15,17-18H,9-14,16H2,1-6H3. The Labute approximate surface area is 203 Å². The molecule has 1 saturated heterocycles. The van der Waals surface area contributed by atoms with Gasteiger partial charge in [-0.15, -0.1) is 0 Å². The van der Waals surface area contributed by atoms with E-state index >= 15 is 0 Å². The summed E-state index contributed by atoms with van der Waals surface area (Å²) in [7, 11) is -3.64. The van der Waals surface area contributed by atoms with Crippen LogP contribution in [0.2, 0.25) is 0 Å². The summed E-state index contributed by atoms with van der Waals surface area (Å²) in [6.07, 6.45) is -0.175. The second-order valence-corrected chi connectivity index (χ2v) is 11.1. The topological polar surface area (TPSA) is 104 Å². The van der Waals surface area contributed by atoms with Crippen LogP contribution in [0.25, 0.3) is 0 Å². The first-order chi connectivity index (χ1) is 15.8. The zero-order chi connectivity index (χ0) is 25.6. The maximum atomic E-state index is 13.0. The fourth-order valence-corrected chi connectivity index (χ4v) is 5.86. The van der Waals surface area contributed by atoms with E-state index in [1.165, 1.54) is 4.31 Å². The molecule has 0 spiro atoms. The number of benzene rings is 1. The van der Waals surface area contributed by atoms with Crippen LogP contribution < -0.4 is 0 Å². The lowest BCUT2D eigenvalue weighted by Crippen LogP contribution is -2.50. The van der Waals surface area contributed by atoms with Gasteiger partial charge in [0.15, 0.2) is 6.61 Å². The molecule has 2 rings (SSSR count). The van der Waals surface area contributed by atoms with Crippen LogP contribution in [0.4, 0.5) is 0 Å². The molecule has 10 heteroatoms. The zero-order valence-corrected chi connectivity index (χ0v) is 21.9. The number of sulfonamides is 1. The van der Waals surface area contributed by atoms with Gasteiger partial charge in [-0.2, -0.15) is 4.31 Å². The number of aryl methyl sites for hydroxylation is 2. The third-order valence-corrected chi connectivity index (χ3v) is 7.89. The fraction of sp³-hybridized carbons (Fsp3) is 0.625. The van der Waals surface area contributed by atoms with Gasteiger partial charge in [0.05, 0.1) is 11.3 Å². The average molecular weight is 496 g/mol. The number of amides is 2. The minimum Gasteiger partial charge on any atom is -0.456 e. The molecule has 1 aromatic rings. The number of esters is 1. The van der Waals surface area contributed by atoms with E-state index in [4.69, 9.17) is 4.74 Å². The van der Waals surface area contributed by atoms with Crippen LogP contribution in [0.5, 0.6) is 0 Å². The van der Waals surface area contributed by atoms with Crippen molar-refractivity contribution < 1.29 is 27.5 Å². The van der Waals surface area contributed by atoms with Gasteiger partial charge < -0.3 is 14.5 Å². The van der Waals surface area contributed by atoms with Gasteiger partial charge in [-0.25, -0.2) is 8.42 Å². The quantitative estimate of drug-likeness (QED) is 0.486. The first kappa shape index (κ1) is 27.8. The normalized spacial score (nSPS) is 15.0. The van der Waals surface area contributed by atoms with Crippen molar-refractivity contribution in [3.05, 3.63) is 29.3 Å². The highest BCUT2D eigenvalue weighted by atomic mass is 32.2. The highest BCUT2D eigenvalue weighted by Crippen LogP contribution is 2.22. The van der Waals surface area contributed by atoms with Gasteiger partial charge in [-0.1, -0.05) is 12.1 Å². The largest absolute Gasteiger partial charge is 0.456 e. The fourth-order valence-electron chi connectivity index (χ4n) is 4.13. The summed E-state index contributed by atoms with van der Waals surface area (Å²) in [5.41, 5.74) is 1.55. The maximum Gasteiger partial charge on any atom is 0.306 e. The number of piperazine rings is 1. The van der Waals surface area contributed by atoms with E-state index in [9.17, 15) is 22.8 Å². The number of carbonyl (C=O) groups is 3. The Kier molecular flexibility index (Phi) is 9.64. The van der Waals surface area contributed by atoms with E-state index in [1.807, 2.05) is 40.7 Å². The van der Waals surface area contributed by atoms with Gasteiger partial charge in [-0.3, -0.25) is 14.4 Å². The van der Waals surface area contributed by atoms with Crippen molar-refractivity contribution in [1.29, 1.82) is 0 Å². The summed E-state index contributed by atoms with van der Waals surface area (Å²) in [5, 5.41) is 0. The number of carbonyl (C=O) groups excluding carboxylic acids is 3. The summed E-state index contributed by atoms with van der Waals surface area (Å²) in [5.74, 6) is -1.12. The Morgan fingerprint density at radius 2 is 1.56 bits per heavy atom. The van der Waals surface area contributed by atoms with Crippen LogP contribution in [-0.2, 0) is 29.1 Å². The van der Waals surface area contributed by atoms with Gasteiger partial charge in [-0.05, 0) is 58.7 Å². The molecule has 1 heterocycles. The Hall–Kier alpha value is -2.46. The number of hydrogen-bond donors (Lipinski definition) is 0. The summed E-state index contributed by atoms with van der Waals surface area (Å²) in [6, 6.07) is 5.31. The summed E-state index contributed by atoms with van der Waals surface area (Å²) in [6.45, 7) is 11.7. The van der Waals surface area contributed by atoms with E-state index in [-0.39, 0.29) is 74.4 Å². The molecule has 0 atom stereocenters. The second kappa shape index (κ2) is 11.8. The molecule has 0 radical (unpaired) electrons. The third-order valence-electron chi connectivity index (χ3n) is 5.85. The summed E-state index contributed by atoms with van der Waals surface area (Å²) in [4.78, 5) is 40.4. The molecular weight excluding hydrogens is 458 g/mol. The SMILES string of the molecule is Cc1ccc(C)c(S(=O)(=O)N2CCN(C(=O)CCC(=O)OCC(=O)N(C(C)C)C(C)C)CC2)c1. The molecule has 1 aliphatic rings. The van der Waals surface area contributed by atoms with Gasteiger partial charge in [0.25, 0.3) is 5.91 Å². The van der Waals surface area contributed by atoms with Gasteiger partial charge in [0.2, 0.25) is 15.9 Å². The highest BCUT2D eigenvalue weighted by Gasteiger charge is 2.31. The van der Waals surface area contributed by atoms with Crippen LogP contribution in [0.15, 0.2) is 23.1 Å². The van der Waals surface area contributed by atoms with Crippen molar-refractivity contribution in [2.24, 2.45) is 0 Å². The minimum absolute atomic E-state index is 0.00918. The predicted octanol–water partition coefficient (Wildman–Crippen LogP) is 2.11. The number of nitrogens with zero attached hydrogens (tertiary/aromatic N) is 3. The highest BCUT2D eigenvalue weighted by molar-refractivity contribution is 7.89. The molecule has 34 heavy (non-hydrogen) atoms. The second-order valence-electron chi connectivity index (χ2n) is 9.20. The molecular formula is C24H37N3O6S. The first-order valence-corrected chi connectivity index (χ1v) is 13.1. The van der Waals surface area contributed by atoms with Gasteiger partial charge >= 0.3 is 5.97 Å². The van der Waals surface area contributed by atoms with Gasteiger partial charge in [0.1, 0.15) is 0 Å². The monoisotopic (exact) mass is 495 g/mol. The predicted molar refractivity (Wildman–Crippen MR) is 129 cm³/mol. The molecule has 0 bridgehead atoms. The molecule has 0 N–H and O–H groups in total. The molecule has 0 saturated carbocycles.